The van der Waals surface area contributed by atoms with Crippen LogP contribution in [0.2, 0.25) is 0 Å². The summed E-state index contributed by atoms with van der Waals surface area (Å²) < 4.78 is 5.38. The molecule has 0 saturated heterocycles. The van der Waals surface area contributed by atoms with Gasteiger partial charge in [0.15, 0.2) is 0 Å². The van der Waals surface area contributed by atoms with E-state index in [-0.39, 0.29) is 18.6 Å². The number of benzene rings is 1. The molecule has 0 saturated carbocycles. The Morgan fingerprint density at radius 3 is 2.72 bits per heavy atom. The topological polar surface area (TPSA) is 49.8 Å². The molecular weight excluding hydrogens is 230 g/mol. The van der Waals surface area contributed by atoms with Gasteiger partial charge in [-0.2, -0.15) is 0 Å². The molecule has 0 spiro atoms. The van der Waals surface area contributed by atoms with Crippen LogP contribution in [0.4, 0.5) is 10.5 Å². The van der Waals surface area contributed by atoms with E-state index in [2.05, 4.69) is 0 Å². The van der Waals surface area contributed by atoms with E-state index in [1.54, 1.807) is 4.90 Å². The number of amides is 1. The van der Waals surface area contributed by atoms with Gasteiger partial charge in [-0.1, -0.05) is 18.2 Å². The first-order valence-electron chi connectivity index (χ1n) is 6.12. The zero-order chi connectivity index (χ0) is 13.3. The monoisotopic (exact) mass is 249 g/mol. The van der Waals surface area contributed by atoms with E-state index in [9.17, 15) is 9.90 Å². The van der Waals surface area contributed by atoms with Gasteiger partial charge < -0.3 is 9.84 Å². The van der Waals surface area contributed by atoms with Gasteiger partial charge >= 0.3 is 6.09 Å². The summed E-state index contributed by atoms with van der Waals surface area (Å²) in [5, 5.41) is 9.37. The van der Waals surface area contributed by atoms with Crippen molar-refractivity contribution in [2.75, 3.05) is 18.1 Å². The molecule has 1 aromatic carbocycles. The maximum atomic E-state index is 12.1. The molecule has 1 aliphatic heterocycles. The van der Waals surface area contributed by atoms with Gasteiger partial charge in [-0.05, 0) is 32.4 Å². The van der Waals surface area contributed by atoms with Crippen molar-refractivity contribution in [2.45, 2.75) is 32.3 Å². The number of rotatable bonds is 1. The molecule has 1 N–H and O–H groups in total. The van der Waals surface area contributed by atoms with Gasteiger partial charge in [-0.3, -0.25) is 4.90 Å². The summed E-state index contributed by atoms with van der Waals surface area (Å²) >= 11 is 0. The molecule has 1 heterocycles. The lowest BCUT2D eigenvalue weighted by Crippen LogP contribution is -2.36. The van der Waals surface area contributed by atoms with Gasteiger partial charge in [-0.15, -0.1) is 0 Å². The Balaban J connectivity index is 2.24. The molecule has 1 atom stereocenters. The summed E-state index contributed by atoms with van der Waals surface area (Å²) in [5.41, 5.74) is 1.33. The maximum Gasteiger partial charge on any atom is 0.414 e. The Labute approximate surface area is 107 Å². The minimum Gasteiger partial charge on any atom is -0.443 e. The molecule has 1 unspecified atom stereocenters. The third-order valence-electron chi connectivity index (χ3n) is 2.90. The number of ether oxygens (including phenoxy) is 1. The summed E-state index contributed by atoms with van der Waals surface area (Å²) in [6, 6.07) is 7.63. The van der Waals surface area contributed by atoms with Crippen molar-refractivity contribution in [1.82, 2.24) is 0 Å². The second kappa shape index (κ2) is 4.61. The zero-order valence-electron chi connectivity index (χ0n) is 11.0. The molecule has 1 amide bonds. The fourth-order valence-electron chi connectivity index (χ4n) is 2.14. The Bertz CT molecular complexity index is 451. The van der Waals surface area contributed by atoms with E-state index < -0.39 is 5.60 Å². The van der Waals surface area contributed by atoms with Crippen molar-refractivity contribution in [2.24, 2.45) is 0 Å². The highest BCUT2D eigenvalue weighted by atomic mass is 16.6. The number of para-hydroxylation sites is 1. The minimum atomic E-state index is -0.511. The SMILES string of the molecule is CC(C)(C)OC(=O)N1CC(CO)c2ccccc21. The molecule has 4 nitrogen and oxygen atoms in total. The summed E-state index contributed by atoms with van der Waals surface area (Å²) in [6.07, 6.45) is -0.356. The van der Waals surface area contributed by atoms with Crippen LogP contribution in [0.3, 0.4) is 0 Å². The highest BCUT2D eigenvalue weighted by Crippen LogP contribution is 2.36. The number of anilines is 1. The van der Waals surface area contributed by atoms with Crippen LogP contribution >= 0.6 is 0 Å². The predicted octanol–water partition coefficient (Wildman–Crippen LogP) is 2.52. The average Bonchev–Trinajstić information content (AvgIpc) is 2.65. The van der Waals surface area contributed by atoms with E-state index in [0.29, 0.717) is 6.54 Å². The largest absolute Gasteiger partial charge is 0.443 e. The highest BCUT2D eigenvalue weighted by Gasteiger charge is 2.34. The molecule has 1 aliphatic rings. The number of carbonyl (C=O) groups excluding carboxylic acids is 1. The van der Waals surface area contributed by atoms with Crippen molar-refractivity contribution in [1.29, 1.82) is 0 Å². The first kappa shape index (κ1) is 12.9. The second-order valence-corrected chi connectivity index (χ2v) is 5.53. The van der Waals surface area contributed by atoms with Gasteiger partial charge in [0.25, 0.3) is 0 Å². The van der Waals surface area contributed by atoms with Crippen molar-refractivity contribution in [3.63, 3.8) is 0 Å². The van der Waals surface area contributed by atoms with Gasteiger partial charge in [0, 0.05) is 12.5 Å². The maximum absolute atomic E-state index is 12.1. The Kier molecular flexibility index (Phi) is 3.30. The van der Waals surface area contributed by atoms with Crippen molar-refractivity contribution in [3.05, 3.63) is 29.8 Å². The molecule has 0 bridgehead atoms. The third-order valence-corrected chi connectivity index (χ3v) is 2.90. The van der Waals surface area contributed by atoms with Crippen LogP contribution in [0, 0.1) is 0 Å². The molecule has 98 valence electrons. The number of nitrogens with zero attached hydrogens (tertiary/aromatic N) is 1. The number of hydrogen-bond donors (Lipinski definition) is 1. The lowest BCUT2D eigenvalue weighted by Gasteiger charge is -2.25. The van der Waals surface area contributed by atoms with Gasteiger partial charge in [0.2, 0.25) is 0 Å². The number of carbonyl (C=O) groups is 1. The molecule has 0 fully saturated rings. The van der Waals surface area contributed by atoms with Crippen LogP contribution in [0.5, 0.6) is 0 Å². The molecule has 18 heavy (non-hydrogen) atoms. The number of fused-ring (bicyclic) bond motifs is 1. The van der Waals surface area contributed by atoms with E-state index in [1.807, 2.05) is 45.0 Å². The van der Waals surface area contributed by atoms with Crippen LogP contribution in [-0.2, 0) is 4.74 Å². The Morgan fingerprint density at radius 2 is 2.11 bits per heavy atom. The minimum absolute atomic E-state index is 0.0197. The van der Waals surface area contributed by atoms with Gasteiger partial charge in [-0.25, -0.2) is 4.79 Å². The van der Waals surface area contributed by atoms with E-state index in [0.717, 1.165) is 11.3 Å². The second-order valence-electron chi connectivity index (χ2n) is 5.53. The fraction of sp³-hybridized carbons (Fsp3) is 0.500. The third kappa shape index (κ3) is 2.48. The van der Waals surface area contributed by atoms with Gasteiger partial charge in [0.05, 0.1) is 12.3 Å². The van der Waals surface area contributed by atoms with Gasteiger partial charge in [0.1, 0.15) is 5.60 Å². The predicted molar refractivity (Wildman–Crippen MR) is 69.8 cm³/mol. The average molecular weight is 249 g/mol. The Hall–Kier alpha value is -1.55. The van der Waals surface area contributed by atoms with Crippen LogP contribution in [-0.4, -0.2) is 30.0 Å². The Morgan fingerprint density at radius 1 is 1.44 bits per heavy atom. The van der Waals surface area contributed by atoms with Crippen molar-refractivity contribution < 1.29 is 14.6 Å². The first-order chi connectivity index (χ1) is 8.42. The molecule has 0 aromatic heterocycles. The number of hydrogen-bond acceptors (Lipinski definition) is 3. The smallest absolute Gasteiger partial charge is 0.414 e. The molecule has 4 heteroatoms. The number of aliphatic hydroxyl groups excluding tert-OH is 1. The molecular formula is C14H19NO3. The number of aliphatic hydroxyl groups is 1. The van der Waals surface area contributed by atoms with E-state index in [4.69, 9.17) is 4.74 Å². The quantitative estimate of drug-likeness (QED) is 0.832. The summed E-state index contributed by atoms with van der Waals surface area (Å²) in [7, 11) is 0. The normalized spacial score (nSPS) is 18.7. The molecule has 0 aliphatic carbocycles. The fourth-order valence-corrected chi connectivity index (χ4v) is 2.14. The zero-order valence-corrected chi connectivity index (χ0v) is 11.0. The first-order valence-corrected chi connectivity index (χ1v) is 6.12. The van der Waals surface area contributed by atoms with Crippen LogP contribution < -0.4 is 4.90 Å². The van der Waals surface area contributed by atoms with E-state index >= 15 is 0 Å². The summed E-state index contributed by atoms with van der Waals surface area (Å²) in [6.45, 7) is 6.05. The van der Waals surface area contributed by atoms with Crippen LogP contribution in [0.1, 0.15) is 32.3 Å². The molecule has 0 radical (unpaired) electrons. The summed E-state index contributed by atoms with van der Waals surface area (Å²) in [4.78, 5) is 13.7. The lowest BCUT2D eigenvalue weighted by molar-refractivity contribution is 0.0581. The van der Waals surface area contributed by atoms with Crippen molar-refractivity contribution >= 4 is 11.8 Å². The highest BCUT2D eigenvalue weighted by molar-refractivity contribution is 5.91. The standard InChI is InChI=1S/C14H19NO3/c1-14(2,3)18-13(17)15-8-10(9-16)11-6-4-5-7-12(11)15/h4-7,10,16H,8-9H2,1-3H3. The molecule has 2 rings (SSSR count). The van der Waals surface area contributed by atoms with Crippen LogP contribution in [0.25, 0.3) is 0 Å². The summed E-state index contributed by atoms with van der Waals surface area (Å²) in [5.74, 6) is -0.0197. The van der Waals surface area contributed by atoms with Crippen molar-refractivity contribution in [3.8, 4) is 0 Å². The lowest BCUT2D eigenvalue weighted by atomic mass is 10.0. The van der Waals surface area contributed by atoms with Crippen LogP contribution in [0.15, 0.2) is 24.3 Å². The van der Waals surface area contributed by atoms with E-state index in [1.165, 1.54) is 0 Å². The molecule has 1 aromatic rings.